The van der Waals surface area contributed by atoms with Gasteiger partial charge in [0.15, 0.2) is 0 Å². The van der Waals surface area contributed by atoms with Crippen LogP contribution in [0.4, 0.5) is 8.78 Å². The number of alkyl halides is 2. The van der Waals surface area contributed by atoms with Gasteiger partial charge in [0.2, 0.25) is 0 Å². The van der Waals surface area contributed by atoms with Crippen molar-refractivity contribution in [1.82, 2.24) is 0 Å². The number of fused-ring (bicyclic) bond motifs is 3. The average molecular weight is 457 g/mol. The first-order valence-electron chi connectivity index (χ1n) is 13.3. The summed E-state index contributed by atoms with van der Waals surface area (Å²) in [5, 5.41) is -0.157. The van der Waals surface area contributed by atoms with Crippen molar-refractivity contribution in [3.63, 3.8) is 0 Å². The van der Waals surface area contributed by atoms with E-state index in [1.165, 1.54) is 44.9 Å². The fourth-order valence-corrected chi connectivity index (χ4v) is 9.14. The van der Waals surface area contributed by atoms with Gasteiger partial charge in [0, 0.05) is 23.7 Å². The van der Waals surface area contributed by atoms with E-state index in [-0.39, 0.29) is 22.7 Å². The van der Waals surface area contributed by atoms with Gasteiger partial charge in [0.1, 0.15) is 12.3 Å². The topological polar surface area (TPSA) is 18.5 Å². The molecule has 5 rings (SSSR count). The largest absolute Gasteiger partial charge is 0.375 e. The van der Waals surface area contributed by atoms with Crippen LogP contribution in [0, 0.1) is 29.6 Å². The number of thioether (sulfide) groups is 1. The van der Waals surface area contributed by atoms with E-state index >= 15 is 8.78 Å². The maximum Gasteiger partial charge on any atom is 0.138 e. The third kappa shape index (κ3) is 5.14. The first-order valence-corrected chi connectivity index (χ1v) is 14.2. The minimum absolute atomic E-state index is 0.0776. The predicted octanol–water partition coefficient (Wildman–Crippen LogP) is 6.75. The second kappa shape index (κ2) is 10.2. The third-order valence-corrected chi connectivity index (χ3v) is 10.9. The van der Waals surface area contributed by atoms with E-state index in [2.05, 4.69) is 6.92 Å². The molecule has 0 aromatic rings. The number of halogens is 2. The lowest BCUT2D eigenvalue weighted by atomic mass is 9.71. The Morgan fingerprint density at radius 3 is 1.74 bits per heavy atom. The zero-order valence-corrected chi connectivity index (χ0v) is 20.0. The summed E-state index contributed by atoms with van der Waals surface area (Å²) in [6, 6.07) is 0. The number of hydrogen-bond acceptors (Lipinski definition) is 3. The zero-order valence-electron chi connectivity index (χ0n) is 19.2. The minimum Gasteiger partial charge on any atom is -0.375 e. The van der Waals surface area contributed by atoms with Gasteiger partial charge in [-0.05, 0) is 81.0 Å². The molecule has 5 aliphatic rings. The fraction of sp³-hybridized carbons (Fsp3) is 1.00. The van der Waals surface area contributed by atoms with E-state index in [4.69, 9.17) is 9.47 Å². The van der Waals surface area contributed by atoms with Crippen molar-refractivity contribution in [3.05, 3.63) is 0 Å². The van der Waals surface area contributed by atoms with Crippen LogP contribution in [-0.2, 0) is 9.47 Å². The molecule has 0 aromatic carbocycles. The summed E-state index contributed by atoms with van der Waals surface area (Å²) in [6.07, 6.45) is 11.7. The quantitative estimate of drug-likeness (QED) is 0.402. The van der Waals surface area contributed by atoms with Crippen molar-refractivity contribution in [3.8, 4) is 0 Å². The molecule has 1 saturated heterocycles. The van der Waals surface area contributed by atoms with Gasteiger partial charge >= 0.3 is 0 Å². The molecule has 0 amide bonds. The van der Waals surface area contributed by atoms with Gasteiger partial charge in [-0.2, -0.15) is 0 Å². The van der Waals surface area contributed by atoms with Gasteiger partial charge in [-0.1, -0.05) is 32.6 Å². The lowest BCUT2D eigenvalue weighted by Crippen LogP contribution is -2.45. The summed E-state index contributed by atoms with van der Waals surface area (Å²) < 4.78 is 42.7. The second-order valence-corrected chi connectivity index (χ2v) is 12.6. The number of ether oxygens (including phenoxy) is 2. The first-order chi connectivity index (χ1) is 15.1. The Morgan fingerprint density at radius 1 is 0.677 bits per heavy atom. The van der Waals surface area contributed by atoms with Crippen molar-refractivity contribution in [1.29, 1.82) is 0 Å². The molecule has 5 fully saturated rings. The van der Waals surface area contributed by atoms with Crippen molar-refractivity contribution in [2.75, 3.05) is 13.2 Å². The van der Waals surface area contributed by atoms with E-state index in [9.17, 15) is 0 Å². The predicted molar refractivity (Wildman–Crippen MR) is 123 cm³/mol. The fourth-order valence-electron chi connectivity index (χ4n) is 7.04. The van der Waals surface area contributed by atoms with E-state index in [0.717, 1.165) is 50.5 Å². The molecule has 8 atom stereocenters. The highest BCUT2D eigenvalue weighted by Gasteiger charge is 2.56. The van der Waals surface area contributed by atoms with Gasteiger partial charge in [0.25, 0.3) is 0 Å². The number of hydrogen-bond donors (Lipinski definition) is 0. The molecule has 8 unspecified atom stereocenters. The van der Waals surface area contributed by atoms with E-state index in [1.54, 1.807) is 11.8 Å². The summed E-state index contributed by atoms with van der Waals surface area (Å²) in [6.45, 7) is 3.42. The standard InChI is InChI=1S/C26H42F2O2S/c1-2-13-29-21-11-9-19-20-10-12-22(24(28)26(20)31-25(19)23(21)27)30-15-18-7-5-17(6-8-18)14-16-3-4-16/h16-26H,2-15H2,1H3. The second-order valence-electron chi connectivity index (χ2n) is 11.3. The Balaban J connectivity index is 1.09. The highest BCUT2D eigenvalue weighted by atomic mass is 32.2. The molecule has 2 nitrogen and oxygen atoms in total. The van der Waals surface area contributed by atoms with Crippen molar-refractivity contribution < 1.29 is 18.3 Å². The summed E-state index contributed by atoms with van der Waals surface area (Å²) in [5.74, 6) is 3.24. The van der Waals surface area contributed by atoms with Crippen LogP contribution in [0.3, 0.4) is 0 Å². The maximum absolute atomic E-state index is 15.5. The average Bonchev–Trinajstić information content (AvgIpc) is 3.51. The molecule has 178 valence electrons. The Bertz CT molecular complexity index is 580. The van der Waals surface area contributed by atoms with Crippen LogP contribution in [0.5, 0.6) is 0 Å². The van der Waals surface area contributed by atoms with Crippen LogP contribution >= 0.6 is 11.8 Å². The highest BCUT2D eigenvalue weighted by Crippen LogP contribution is 2.56. The molecule has 0 spiro atoms. The van der Waals surface area contributed by atoms with Gasteiger partial charge < -0.3 is 9.47 Å². The zero-order chi connectivity index (χ0) is 21.4. The first kappa shape index (κ1) is 22.9. The molecule has 4 aliphatic carbocycles. The molecule has 1 heterocycles. The monoisotopic (exact) mass is 456 g/mol. The number of rotatable bonds is 8. The van der Waals surface area contributed by atoms with Crippen LogP contribution in [0.15, 0.2) is 0 Å². The van der Waals surface area contributed by atoms with Crippen molar-refractivity contribution in [2.24, 2.45) is 29.6 Å². The molecular formula is C26H42F2O2S. The molecule has 0 radical (unpaired) electrons. The van der Waals surface area contributed by atoms with Crippen LogP contribution in [0.25, 0.3) is 0 Å². The van der Waals surface area contributed by atoms with E-state index in [0.29, 0.717) is 24.4 Å². The van der Waals surface area contributed by atoms with Gasteiger partial charge in [-0.25, -0.2) is 8.78 Å². The van der Waals surface area contributed by atoms with Crippen LogP contribution in [0.2, 0.25) is 0 Å². The lowest BCUT2D eigenvalue weighted by molar-refractivity contribution is -0.0637. The third-order valence-electron chi connectivity index (χ3n) is 9.03. The maximum atomic E-state index is 15.5. The Labute approximate surface area is 192 Å². The molecule has 0 bridgehead atoms. The molecule has 5 heteroatoms. The van der Waals surface area contributed by atoms with Crippen molar-refractivity contribution in [2.45, 2.75) is 119 Å². The van der Waals surface area contributed by atoms with Gasteiger partial charge in [-0.15, -0.1) is 11.8 Å². The molecule has 0 aromatic heterocycles. The molecular weight excluding hydrogens is 414 g/mol. The normalized spacial score (nSPS) is 47.7. The molecule has 4 saturated carbocycles. The SMILES string of the molecule is CCCOC1CCC2C3CCC(OCC4CCC(CC5CC5)CC4)C(F)C3SC2C1F. The molecule has 1 aliphatic heterocycles. The van der Waals surface area contributed by atoms with E-state index < -0.39 is 12.3 Å². The van der Waals surface area contributed by atoms with Crippen LogP contribution in [0.1, 0.15) is 84.0 Å². The smallest absolute Gasteiger partial charge is 0.138 e. The van der Waals surface area contributed by atoms with E-state index in [1.807, 2.05) is 0 Å². The Morgan fingerprint density at radius 2 is 1.19 bits per heavy atom. The molecule has 0 N–H and O–H groups in total. The van der Waals surface area contributed by atoms with Crippen molar-refractivity contribution >= 4 is 11.8 Å². The summed E-state index contributed by atoms with van der Waals surface area (Å²) >= 11 is 1.60. The Kier molecular flexibility index (Phi) is 7.52. The Hall–Kier alpha value is 0.130. The van der Waals surface area contributed by atoms with Gasteiger partial charge in [0.05, 0.1) is 12.2 Å². The highest BCUT2D eigenvalue weighted by molar-refractivity contribution is 8.00. The van der Waals surface area contributed by atoms with Gasteiger partial charge in [-0.3, -0.25) is 0 Å². The minimum atomic E-state index is -0.946. The molecule has 31 heavy (non-hydrogen) atoms. The summed E-state index contributed by atoms with van der Waals surface area (Å²) in [4.78, 5) is 0. The summed E-state index contributed by atoms with van der Waals surface area (Å²) in [7, 11) is 0. The lowest BCUT2D eigenvalue weighted by Gasteiger charge is -2.39. The van der Waals surface area contributed by atoms with Crippen LogP contribution in [-0.4, -0.2) is 48.3 Å². The van der Waals surface area contributed by atoms with Crippen LogP contribution < -0.4 is 0 Å². The summed E-state index contributed by atoms with van der Waals surface area (Å²) in [5.41, 5.74) is 0.